The average Bonchev–Trinajstić information content (AvgIpc) is 2.48. The smallest absolute Gasteiger partial charge is 0.196 e. The van der Waals surface area contributed by atoms with Crippen LogP contribution in [0, 0.1) is 5.82 Å². The molecule has 20 heavy (non-hydrogen) atoms. The normalized spacial score (nSPS) is 10.7. The van der Waals surface area contributed by atoms with Gasteiger partial charge in [0.15, 0.2) is 5.78 Å². The molecule has 0 saturated carbocycles. The van der Waals surface area contributed by atoms with E-state index >= 15 is 0 Å². The molecule has 3 heteroatoms. The molecule has 0 aliphatic carbocycles. The molecular weight excluding hydrogens is 319 g/mol. The van der Waals surface area contributed by atoms with E-state index in [0.717, 1.165) is 10.8 Å². The van der Waals surface area contributed by atoms with E-state index < -0.39 is 5.82 Å². The molecule has 0 atom stereocenters. The number of benzene rings is 3. The first-order chi connectivity index (χ1) is 9.66. The Labute approximate surface area is 124 Å². The second-order valence-electron chi connectivity index (χ2n) is 4.48. The molecule has 3 aromatic carbocycles. The van der Waals surface area contributed by atoms with Gasteiger partial charge in [0.05, 0.1) is 5.56 Å². The van der Waals surface area contributed by atoms with Crippen molar-refractivity contribution in [3.05, 3.63) is 82.1 Å². The van der Waals surface area contributed by atoms with Crippen LogP contribution in [-0.2, 0) is 0 Å². The topological polar surface area (TPSA) is 17.1 Å². The van der Waals surface area contributed by atoms with Crippen LogP contribution in [0.1, 0.15) is 15.9 Å². The van der Waals surface area contributed by atoms with Crippen molar-refractivity contribution in [1.29, 1.82) is 0 Å². The fourth-order valence-electron chi connectivity index (χ4n) is 2.24. The van der Waals surface area contributed by atoms with Gasteiger partial charge < -0.3 is 0 Å². The number of carbonyl (C=O) groups is 1. The highest BCUT2D eigenvalue weighted by Gasteiger charge is 2.16. The predicted octanol–water partition coefficient (Wildman–Crippen LogP) is 4.97. The molecule has 98 valence electrons. The first kappa shape index (κ1) is 13.0. The van der Waals surface area contributed by atoms with Crippen molar-refractivity contribution in [1.82, 2.24) is 0 Å². The molecule has 1 nitrogen and oxygen atoms in total. The van der Waals surface area contributed by atoms with Crippen LogP contribution in [0.5, 0.6) is 0 Å². The summed E-state index contributed by atoms with van der Waals surface area (Å²) in [5.41, 5.74) is 0.593. The van der Waals surface area contributed by atoms with Crippen molar-refractivity contribution in [2.24, 2.45) is 0 Å². The molecule has 0 aromatic heterocycles. The van der Waals surface area contributed by atoms with Crippen LogP contribution in [-0.4, -0.2) is 5.78 Å². The minimum absolute atomic E-state index is 0.0794. The van der Waals surface area contributed by atoms with Crippen molar-refractivity contribution in [2.75, 3.05) is 0 Å². The third-order valence-corrected chi connectivity index (χ3v) is 3.70. The minimum atomic E-state index is -0.508. The molecule has 3 rings (SSSR count). The standard InChI is InChI=1S/C17H10BrFO/c18-12-8-9-16(19)15(10-12)17(20)14-7-3-5-11-4-1-2-6-13(11)14/h1-10H. The number of ketones is 1. The highest BCUT2D eigenvalue weighted by molar-refractivity contribution is 9.10. The fraction of sp³-hybridized carbons (Fsp3) is 0. The van der Waals surface area contributed by atoms with Crippen molar-refractivity contribution in [2.45, 2.75) is 0 Å². The Bertz CT molecular complexity index is 806. The summed E-state index contributed by atoms with van der Waals surface area (Å²) in [5.74, 6) is -0.813. The maximum absolute atomic E-state index is 13.9. The Hall–Kier alpha value is -2.00. The Morgan fingerprint density at radius 1 is 0.900 bits per heavy atom. The second kappa shape index (κ2) is 5.17. The predicted molar refractivity (Wildman–Crippen MR) is 81.5 cm³/mol. The van der Waals surface area contributed by atoms with Crippen molar-refractivity contribution in [3.8, 4) is 0 Å². The van der Waals surface area contributed by atoms with Crippen molar-refractivity contribution >= 4 is 32.5 Å². The van der Waals surface area contributed by atoms with Gasteiger partial charge in [-0.25, -0.2) is 4.39 Å². The molecule has 0 saturated heterocycles. The molecule has 0 radical (unpaired) electrons. The van der Waals surface area contributed by atoms with Crippen LogP contribution in [0.3, 0.4) is 0 Å². The van der Waals surface area contributed by atoms with Crippen molar-refractivity contribution < 1.29 is 9.18 Å². The van der Waals surface area contributed by atoms with Gasteiger partial charge in [0, 0.05) is 10.0 Å². The Balaban J connectivity index is 2.20. The van der Waals surface area contributed by atoms with Gasteiger partial charge in [0.25, 0.3) is 0 Å². The summed E-state index contributed by atoms with van der Waals surface area (Å²) in [6.45, 7) is 0. The lowest BCUT2D eigenvalue weighted by Gasteiger charge is -2.07. The molecule has 0 bridgehead atoms. The number of fused-ring (bicyclic) bond motifs is 1. The van der Waals surface area contributed by atoms with Gasteiger partial charge >= 0.3 is 0 Å². The van der Waals surface area contributed by atoms with Crippen LogP contribution < -0.4 is 0 Å². The minimum Gasteiger partial charge on any atom is -0.288 e. The van der Waals surface area contributed by atoms with E-state index in [0.29, 0.717) is 10.0 Å². The number of rotatable bonds is 2. The zero-order chi connectivity index (χ0) is 14.1. The number of hydrogen-bond acceptors (Lipinski definition) is 1. The van der Waals surface area contributed by atoms with Gasteiger partial charge in [0.1, 0.15) is 5.82 Å². The van der Waals surface area contributed by atoms with E-state index in [1.54, 1.807) is 12.1 Å². The molecule has 3 aromatic rings. The van der Waals surface area contributed by atoms with Gasteiger partial charge in [-0.3, -0.25) is 4.79 Å². The zero-order valence-corrected chi connectivity index (χ0v) is 12.0. The van der Waals surface area contributed by atoms with Gasteiger partial charge in [-0.2, -0.15) is 0 Å². The van der Waals surface area contributed by atoms with Gasteiger partial charge in [-0.15, -0.1) is 0 Å². The van der Waals surface area contributed by atoms with Crippen molar-refractivity contribution in [3.63, 3.8) is 0 Å². The first-order valence-corrected chi connectivity index (χ1v) is 6.93. The SMILES string of the molecule is O=C(c1cc(Br)ccc1F)c1cccc2ccccc12. The van der Waals surface area contributed by atoms with E-state index in [1.165, 1.54) is 12.1 Å². The summed E-state index contributed by atoms with van der Waals surface area (Å²) < 4.78 is 14.5. The largest absolute Gasteiger partial charge is 0.288 e. The highest BCUT2D eigenvalue weighted by Crippen LogP contribution is 2.24. The molecule has 0 fully saturated rings. The highest BCUT2D eigenvalue weighted by atomic mass is 79.9. The van der Waals surface area contributed by atoms with E-state index in [2.05, 4.69) is 15.9 Å². The number of halogens is 2. The van der Waals surface area contributed by atoms with Crippen LogP contribution in [0.25, 0.3) is 10.8 Å². The fourth-order valence-corrected chi connectivity index (χ4v) is 2.60. The molecule has 0 spiro atoms. The first-order valence-electron chi connectivity index (χ1n) is 6.14. The molecular formula is C17H10BrFO. The van der Waals surface area contributed by atoms with E-state index in [1.807, 2.05) is 36.4 Å². The van der Waals surface area contributed by atoms with Crippen LogP contribution in [0.4, 0.5) is 4.39 Å². The Morgan fingerprint density at radius 3 is 2.50 bits per heavy atom. The zero-order valence-electron chi connectivity index (χ0n) is 10.4. The monoisotopic (exact) mass is 328 g/mol. The Kier molecular flexibility index (Phi) is 3.36. The third-order valence-electron chi connectivity index (χ3n) is 3.21. The summed E-state index contributed by atoms with van der Waals surface area (Å²) in [5, 5.41) is 1.80. The number of hydrogen-bond donors (Lipinski definition) is 0. The molecule has 0 unspecified atom stereocenters. The van der Waals surface area contributed by atoms with Crippen LogP contribution in [0.15, 0.2) is 65.1 Å². The summed E-state index contributed by atoms with van der Waals surface area (Å²) in [6.07, 6.45) is 0. The molecule has 0 N–H and O–H groups in total. The van der Waals surface area contributed by atoms with Crippen LogP contribution in [0.2, 0.25) is 0 Å². The quantitative estimate of drug-likeness (QED) is 0.607. The van der Waals surface area contributed by atoms with Crippen LogP contribution >= 0.6 is 15.9 Å². The lowest BCUT2D eigenvalue weighted by molar-refractivity contribution is 0.103. The molecule has 0 aliphatic rings. The third kappa shape index (κ3) is 2.25. The lowest BCUT2D eigenvalue weighted by Crippen LogP contribution is -2.05. The average molecular weight is 329 g/mol. The van der Waals surface area contributed by atoms with Gasteiger partial charge in [0.2, 0.25) is 0 Å². The molecule has 0 aliphatic heterocycles. The summed E-state index contributed by atoms with van der Waals surface area (Å²) >= 11 is 3.27. The molecule has 0 heterocycles. The second-order valence-corrected chi connectivity index (χ2v) is 5.40. The lowest BCUT2D eigenvalue weighted by atomic mass is 9.97. The van der Waals surface area contributed by atoms with E-state index in [9.17, 15) is 9.18 Å². The molecule has 0 amide bonds. The maximum atomic E-state index is 13.9. The summed E-state index contributed by atoms with van der Waals surface area (Å²) in [6, 6.07) is 17.4. The number of carbonyl (C=O) groups excluding carboxylic acids is 1. The maximum Gasteiger partial charge on any atom is 0.196 e. The van der Waals surface area contributed by atoms with Gasteiger partial charge in [-0.05, 0) is 29.0 Å². The van der Waals surface area contributed by atoms with E-state index in [4.69, 9.17) is 0 Å². The van der Waals surface area contributed by atoms with E-state index in [-0.39, 0.29) is 11.3 Å². The Morgan fingerprint density at radius 2 is 1.65 bits per heavy atom. The van der Waals surface area contributed by atoms with Gasteiger partial charge in [-0.1, -0.05) is 58.4 Å². The summed E-state index contributed by atoms with van der Waals surface area (Å²) in [4.78, 5) is 12.6. The summed E-state index contributed by atoms with van der Waals surface area (Å²) in [7, 11) is 0.